The van der Waals surface area contributed by atoms with E-state index in [2.05, 4.69) is 25.2 Å². The van der Waals surface area contributed by atoms with Gasteiger partial charge in [0.05, 0.1) is 12.2 Å². The maximum Gasteiger partial charge on any atom is 0.260 e. The molecule has 3 rings (SSSR count). The van der Waals surface area contributed by atoms with E-state index in [-0.39, 0.29) is 40.9 Å². The number of amides is 1. The van der Waals surface area contributed by atoms with Gasteiger partial charge in [-0.15, -0.1) is 0 Å². The maximum atomic E-state index is 12.6. The zero-order valence-electron chi connectivity index (χ0n) is 22.1. The fraction of sp³-hybridized carbons (Fsp3) is 0.655. The monoisotopic (exact) mass is 501 g/mol. The number of hydrogen-bond acceptors (Lipinski definition) is 6. The van der Waals surface area contributed by atoms with E-state index >= 15 is 0 Å². The van der Waals surface area contributed by atoms with Crippen molar-refractivity contribution in [1.29, 1.82) is 0 Å². The number of ketones is 1. The number of carbonyl (C=O) groups excluding carboxylic acids is 2. The van der Waals surface area contributed by atoms with Crippen molar-refractivity contribution in [2.75, 3.05) is 0 Å². The first-order valence-corrected chi connectivity index (χ1v) is 13.3. The molecule has 36 heavy (non-hydrogen) atoms. The molecule has 1 saturated carbocycles. The lowest BCUT2D eigenvalue weighted by atomic mass is 9.50. The van der Waals surface area contributed by atoms with Gasteiger partial charge in [0.25, 0.3) is 5.91 Å². The van der Waals surface area contributed by atoms with Crippen molar-refractivity contribution in [3.05, 3.63) is 47.8 Å². The summed E-state index contributed by atoms with van der Waals surface area (Å²) in [7, 11) is 0. The molecule has 200 valence electrons. The molecule has 7 nitrogen and oxygen atoms in total. The summed E-state index contributed by atoms with van der Waals surface area (Å²) < 4.78 is 0. The highest BCUT2D eigenvalue weighted by molar-refractivity contribution is 6.26. The molecule has 1 heterocycles. The average Bonchev–Trinajstić information content (AvgIpc) is 3.07. The van der Waals surface area contributed by atoms with Crippen LogP contribution >= 0.6 is 0 Å². The van der Waals surface area contributed by atoms with Crippen LogP contribution in [-0.4, -0.2) is 50.6 Å². The molecule has 1 saturated heterocycles. The summed E-state index contributed by atoms with van der Waals surface area (Å²) in [5.41, 5.74) is -1.33. The third-order valence-electron chi connectivity index (χ3n) is 8.69. The third kappa shape index (κ3) is 5.53. The van der Waals surface area contributed by atoms with Gasteiger partial charge in [0.1, 0.15) is 11.3 Å². The van der Waals surface area contributed by atoms with Gasteiger partial charge in [0.15, 0.2) is 6.23 Å². The Morgan fingerprint density at radius 1 is 1.17 bits per heavy atom. The molecule has 1 aliphatic heterocycles. The highest BCUT2D eigenvalue weighted by Crippen LogP contribution is 2.58. The van der Waals surface area contributed by atoms with Crippen LogP contribution in [0, 0.1) is 40.9 Å². The maximum absolute atomic E-state index is 12.6. The van der Waals surface area contributed by atoms with E-state index < -0.39 is 35.5 Å². The second-order valence-electron chi connectivity index (χ2n) is 11.4. The Morgan fingerprint density at radius 2 is 1.83 bits per heavy atom. The molecule has 5 N–H and O–H groups in total. The number of allylic oxidation sites excluding steroid dienone is 5. The van der Waals surface area contributed by atoms with Gasteiger partial charge in [-0.3, -0.25) is 9.59 Å². The number of fused-ring (bicyclic) bond motifs is 1. The molecule has 2 aliphatic carbocycles. The second-order valence-corrected chi connectivity index (χ2v) is 11.4. The normalized spacial score (nSPS) is 38.8. The number of hydrogen-bond donors (Lipinski definition) is 5. The predicted octanol–water partition coefficient (Wildman–Crippen LogP) is 3.58. The molecule has 2 fully saturated rings. The smallest absolute Gasteiger partial charge is 0.260 e. The van der Waals surface area contributed by atoms with Crippen molar-refractivity contribution in [2.24, 2.45) is 40.9 Å². The predicted molar refractivity (Wildman–Crippen MR) is 138 cm³/mol. The van der Waals surface area contributed by atoms with Gasteiger partial charge in [-0.1, -0.05) is 71.1 Å². The zero-order chi connectivity index (χ0) is 26.8. The summed E-state index contributed by atoms with van der Waals surface area (Å²) in [5, 5.41) is 44.4. The summed E-state index contributed by atoms with van der Waals surface area (Å²) in [5.74, 6) is -1.28. The minimum Gasteiger partial charge on any atom is -0.511 e. The Kier molecular flexibility index (Phi) is 9.02. The number of rotatable bonds is 8. The van der Waals surface area contributed by atoms with E-state index in [0.29, 0.717) is 18.8 Å². The van der Waals surface area contributed by atoms with Crippen molar-refractivity contribution in [3.63, 3.8) is 0 Å². The first-order valence-electron chi connectivity index (χ1n) is 13.3. The molecule has 0 bridgehead atoms. The van der Waals surface area contributed by atoms with Crippen LogP contribution in [0.15, 0.2) is 47.8 Å². The molecule has 0 radical (unpaired) electrons. The van der Waals surface area contributed by atoms with Crippen LogP contribution in [0.25, 0.3) is 0 Å². The largest absolute Gasteiger partial charge is 0.511 e. The Morgan fingerprint density at radius 3 is 2.44 bits per heavy atom. The van der Waals surface area contributed by atoms with E-state index in [1.807, 2.05) is 39.0 Å². The van der Waals surface area contributed by atoms with Crippen LogP contribution in [0.4, 0.5) is 0 Å². The standard InChI is InChI=1S/C29H43NO6/c1-6-22(32)17(3)9-7-8-10-21(31)15-20-12-11-19-14-16(2)13-18(4)24(19)29(20,5)26(34)23-25(33)28(36)30-27(23)35/h7-12,16-22,24,28,31-32,34,36H,6,13-15H2,1-5H3,(H,30,35)/b9-7?,10-8?,26-23+. The summed E-state index contributed by atoms with van der Waals surface area (Å²) in [6.45, 7) is 10.1. The van der Waals surface area contributed by atoms with Gasteiger partial charge in [0.2, 0.25) is 5.78 Å². The lowest BCUT2D eigenvalue weighted by Gasteiger charge is -2.54. The van der Waals surface area contributed by atoms with Crippen LogP contribution in [0.5, 0.6) is 0 Å². The van der Waals surface area contributed by atoms with Crippen LogP contribution < -0.4 is 5.32 Å². The molecular formula is C29H43NO6. The first-order chi connectivity index (χ1) is 16.9. The molecule has 0 spiro atoms. The molecule has 0 aromatic heterocycles. The Hall–Kier alpha value is -2.22. The Bertz CT molecular complexity index is 951. The van der Waals surface area contributed by atoms with Gasteiger partial charge in [-0.05, 0) is 55.3 Å². The third-order valence-corrected chi connectivity index (χ3v) is 8.69. The van der Waals surface area contributed by atoms with Crippen molar-refractivity contribution in [3.8, 4) is 0 Å². The van der Waals surface area contributed by atoms with Crippen molar-refractivity contribution >= 4 is 11.7 Å². The lowest BCUT2D eigenvalue weighted by molar-refractivity contribution is -0.123. The van der Waals surface area contributed by atoms with Crippen LogP contribution in [0.1, 0.15) is 60.3 Å². The fourth-order valence-corrected chi connectivity index (χ4v) is 6.80. The van der Waals surface area contributed by atoms with E-state index in [9.17, 15) is 30.0 Å². The summed E-state index contributed by atoms with van der Waals surface area (Å²) in [4.78, 5) is 25.1. The highest BCUT2D eigenvalue weighted by Gasteiger charge is 2.55. The van der Waals surface area contributed by atoms with E-state index in [1.165, 1.54) is 0 Å². The summed E-state index contributed by atoms with van der Waals surface area (Å²) in [6.07, 6.45) is 11.3. The quantitative estimate of drug-likeness (QED) is 0.114. The zero-order valence-corrected chi connectivity index (χ0v) is 22.1. The van der Waals surface area contributed by atoms with Gasteiger partial charge < -0.3 is 25.7 Å². The molecule has 10 atom stereocenters. The van der Waals surface area contributed by atoms with Gasteiger partial charge >= 0.3 is 0 Å². The molecule has 3 aliphatic rings. The summed E-state index contributed by atoms with van der Waals surface area (Å²) in [6, 6.07) is 0. The minimum absolute atomic E-state index is 0.00231. The first kappa shape index (κ1) is 28.4. The molecule has 1 amide bonds. The second kappa shape index (κ2) is 11.4. The highest BCUT2D eigenvalue weighted by atomic mass is 16.3. The minimum atomic E-state index is -1.65. The van der Waals surface area contributed by atoms with Crippen molar-refractivity contribution in [2.45, 2.75) is 78.7 Å². The number of aliphatic hydroxyl groups is 4. The van der Waals surface area contributed by atoms with Crippen molar-refractivity contribution in [1.82, 2.24) is 5.32 Å². The number of nitrogens with one attached hydrogen (secondary N) is 1. The fourth-order valence-electron chi connectivity index (χ4n) is 6.80. The van der Waals surface area contributed by atoms with Crippen LogP contribution in [0.3, 0.4) is 0 Å². The number of aliphatic hydroxyl groups excluding tert-OH is 4. The van der Waals surface area contributed by atoms with Crippen LogP contribution in [0.2, 0.25) is 0 Å². The molecule has 0 aromatic carbocycles. The Balaban J connectivity index is 1.93. The van der Waals surface area contributed by atoms with Gasteiger partial charge in [-0.25, -0.2) is 0 Å². The molecule has 10 unspecified atom stereocenters. The van der Waals surface area contributed by atoms with Crippen LogP contribution in [-0.2, 0) is 9.59 Å². The van der Waals surface area contributed by atoms with E-state index in [4.69, 9.17) is 0 Å². The topological polar surface area (TPSA) is 127 Å². The Labute approximate surface area is 214 Å². The lowest BCUT2D eigenvalue weighted by Crippen LogP contribution is -2.49. The number of carbonyl (C=O) groups is 2. The van der Waals surface area contributed by atoms with Gasteiger partial charge in [0, 0.05) is 11.3 Å². The average molecular weight is 502 g/mol. The molecular weight excluding hydrogens is 458 g/mol. The number of Topliss-reactive ketones (excluding diaryl/α,β-unsaturated/α-hetero) is 1. The van der Waals surface area contributed by atoms with Gasteiger partial charge in [-0.2, -0.15) is 0 Å². The van der Waals surface area contributed by atoms with Crippen molar-refractivity contribution < 1.29 is 30.0 Å². The molecule has 0 aromatic rings. The molecule has 7 heteroatoms. The van der Waals surface area contributed by atoms with E-state index in [0.717, 1.165) is 12.8 Å². The SMILES string of the molecule is CCC(O)C(C)C=CC=CC(O)CC1C=CC2CC(C)CC(C)C2C1(C)/C(O)=C1\C(=O)NC(O)C1=O. The van der Waals surface area contributed by atoms with E-state index in [1.54, 1.807) is 12.2 Å². The summed E-state index contributed by atoms with van der Waals surface area (Å²) >= 11 is 0.